The van der Waals surface area contributed by atoms with Gasteiger partial charge in [0.05, 0.1) is 17.2 Å². The molecule has 0 spiro atoms. The van der Waals surface area contributed by atoms with Gasteiger partial charge in [-0.05, 0) is 55.8 Å². The van der Waals surface area contributed by atoms with E-state index in [1.165, 1.54) is 24.1 Å². The van der Waals surface area contributed by atoms with Crippen LogP contribution < -0.4 is 14.4 Å². The summed E-state index contributed by atoms with van der Waals surface area (Å²) in [4.78, 5) is 27.8. The van der Waals surface area contributed by atoms with Crippen molar-refractivity contribution in [1.29, 1.82) is 0 Å². The minimum Gasteiger partial charge on any atom is -0.492 e. The molecule has 0 fully saturated rings. The van der Waals surface area contributed by atoms with E-state index in [2.05, 4.69) is 21.2 Å². The summed E-state index contributed by atoms with van der Waals surface area (Å²) in [5.74, 6) is -0.576. The lowest BCUT2D eigenvalue weighted by molar-refractivity contribution is -0.139. The molecule has 0 aliphatic rings. The predicted octanol–water partition coefficient (Wildman–Crippen LogP) is 4.21. The molecule has 1 atom stereocenters. The van der Waals surface area contributed by atoms with E-state index in [-0.39, 0.29) is 23.0 Å². The van der Waals surface area contributed by atoms with Crippen LogP contribution in [0.3, 0.4) is 0 Å². The molecule has 3 aromatic carbocycles. The summed E-state index contributed by atoms with van der Waals surface area (Å²) in [6.07, 6.45) is 0. The van der Waals surface area contributed by atoms with E-state index in [9.17, 15) is 18.0 Å². The van der Waals surface area contributed by atoms with Crippen molar-refractivity contribution in [2.45, 2.75) is 31.3 Å². The second-order valence-corrected chi connectivity index (χ2v) is 10.9. The Bertz CT molecular complexity index is 1330. The third kappa shape index (κ3) is 6.90. The number of sulfonamides is 1. The van der Waals surface area contributed by atoms with Crippen LogP contribution in [0.15, 0.2) is 88.2 Å². The Hall–Kier alpha value is -3.37. The van der Waals surface area contributed by atoms with Crippen molar-refractivity contribution >= 4 is 43.5 Å². The molecule has 3 rings (SSSR count). The number of rotatable bonds is 11. The normalized spacial score (nSPS) is 11.9. The highest BCUT2D eigenvalue weighted by atomic mass is 79.9. The van der Waals surface area contributed by atoms with E-state index < -0.39 is 28.5 Å². The summed E-state index contributed by atoms with van der Waals surface area (Å²) in [5.41, 5.74) is 1.02. The van der Waals surface area contributed by atoms with Crippen LogP contribution in [-0.2, 0) is 26.2 Å². The molecule has 2 amide bonds. The van der Waals surface area contributed by atoms with Crippen molar-refractivity contribution in [1.82, 2.24) is 10.2 Å². The molecule has 0 aromatic heterocycles. The van der Waals surface area contributed by atoms with Gasteiger partial charge in [0.1, 0.15) is 18.3 Å². The maximum absolute atomic E-state index is 13.8. The Morgan fingerprint density at radius 1 is 1.00 bits per heavy atom. The van der Waals surface area contributed by atoms with E-state index in [0.717, 1.165) is 14.3 Å². The molecule has 0 saturated carbocycles. The highest BCUT2D eigenvalue weighted by molar-refractivity contribution is 9.10. The zero-order valence-corrected chi connectivity index (χ0v) is 23.3. The van der Waals surface area contributed by atoms with Gasteiger partial charge in [-0.2, -0.15) is 0 Å². The van der Waals surface area contributed by atoms with E-state index in [0.29, 0.717) is 12.4 Å². The van der Waals surface area contributed by atoms with Crippen molar-refractivity contribution < 1.29 is 22.7 Å². The second kappa shape index (κ2) is 12.7. The average Bonchev–Trinajstić information content (AvgIpc) is 2.90. The molecule has 10 heteroatoms. The van der Waals surface area contributed by atoms with Crippen LogP contribution >= 0.6 is 15.9 Å². The molecule has 37 heavy (non-hydrogen) atoms. The van der Waals surface area contributed by atoms with E-state index in [1.807, 2.05) is 24.3 Å². The number of halogens is 1. The van der Waals surface area contributed by atoms with Crippen LogP contribution in [0.5, 0.6) is 5.75 Å². The molecule has 0 aliphatic heterocycles. The highest BCUT2D eigenvalue weighted by Gasteiger charge is 2.33. The Morgan fingerprint density at radius 3 is 2.32 bits per heavy atom. The number of likely N-dealkylation sites (N-methyl/N-ethyl adjacent to an activating group) is 1. The minimum atomic E-state index is -4.16. The fourth-order valence-electron chi connectivity index (χ4n) is 3.80. The maximum Gasteiger partial charge on any atom is 0.264 e. The zero-order valence-electron chi connectivity index (χ0n) is 20.9. The molecule has 0 heterocycles. The van der Waals surface area contributed by atoms with Crippen molar-refractivity contribution in [2.24, 2.45) is 0 Å². The van der Waals surface area contributed by atoms with Gasteiger partial charge in [-0.15, -0.1) is 0 Å². The average molecular weight is 589 g/mol. The summed E-state index contributed by atoms with van der Waals surface area (Å²) < 4.78 is 35.2. The first-order valence-electron chi connectivity index (χ1n) is 11.7. The molecular formula is C27H30BrN3O5S. The fraction of sp³-hybridized carbons (Fsp3) is 0.259. The third-order valence-electron chi connectivity index (χ3n) is 5.70. The SMILES string of the molecule is CCOc1ccccc1N(CC(=O)N(Cc1cccc(Br)c1)[C@@H](C)C(=O)NC)S(=O)(=O)c1ccccc1. The molecule has 3 aromatic rings. The Morgan fingerprint density at radius 2 is 1.68 bits per heavy atom. The van der Waals surface area contributed by atoms with E-state index in [4.69, 9.17) is 4.74 Å². The number of para-hydroxylation sites is 2. The predicted molar refractivity (Wildman–Crippen MR) is 147 cm³/mol. The molecule has 0 bridgehead atoms. The Kier molecular flexibility index (Phi) is 9.71. The first-order valence-corrected chi connectivity index (χ1v) is 14.0. The Balaban J connectivity index is 2.07. The molecule has 0 radical (unpaired) electrons. The standard InChI is InChI=1S/C27H30BrN3O5S/c1-4-36-25-16-9-8-15-24(25)31(37(34,35)23-13-6-5-7-14-23)19-26(32)30(20(2)27(33)29-3)18-21-11-10-12-22(28)17-21/h5-17,20H,4,18-19H2,1-3H3,(H,29,33)/t20-/m0/s1. The maximum atomic E-state index is 13.8. The summed E-state index contributed by atoms with van der Waals surface area (Å²) >= 11 is 3.43. The summed E-state index contributed by atoms with van der Waals surface area (Å²) in [6.45, 7) is 3.30. The van der Waals surface area contributed by atoms with E-state index in [1.54, 1.807) is 56.3 Å². The summed E-state index contributed by atoms with van der Waals surface area (Å²) in [5, 5.41) is 2.57. The minimum absolute atomic E-state index is 0.0343. The molecule has 0 unspecified atom stereocenters. The van der Waals surface area contributed by atoms with Crippen LogP contribution in [0.25, 0.3) is 0 Å². The van der Waals surface area contributed by atoms with Gasteiger partial charge in [0.25, 0.3) is 10.0 Å². The first-order chi connectivity index (χ1) is 17.7. The second-order valence-electron chi connectivity index (χ2n) is 8.17. The lowest BCUT2D eigenvalue weighted by atomic mass is 10.1. The number of ether oxygens (including phenoxy) is 1. The van der Waals surface area contributed by atoms with Crippen LogP contribution in [0, 0.1) is 0 Å². The number of hydrogen-bond acceptors (Lipinski definition) is 5. The Labute approximate surface area is 226 Å². The summed E-state index contributed by atoms with van der Waals surface area (Å²) in [7, 11) is -2.67. The topological polar surface area (TPSA) is 96.0 Å². The smallest absolute Gasteiger partial charge is 0.264 e. The number of amides is 2. The molecule has 1 N–H and O–H groups in total. The number of hydrogen-bond donors (Lipinski definition) is 1. The number of anilines is 1. The number of nitrogens with one attached hydrogen (secondary N) is 1. The van der Waals surface area contributed by atoms with Crippen LogP contribution in [0.1, 0.15) is 19.4 Å². The molecule has 0 saturated heterocycles. The van der Waals surface area contributed by atoms with Gasteiger partial charge in [0.2, 0.25) is 11.8 Å². The van der Waals surface area contributed by atoms with E-state index >= 15 is 0 Å². The lowest BCUT2D eigenvalue weighted by Gasteiger charge is -2.32. The number of carbonyl (C=O) groups excluding carboxylic acids is 2. The third-order valence-corrected chi connectivity index (χ3v) is 7.97. The largest absolute Gasteiger partial charge is 0.492 e. The summed E-state index contributed by atoms with van der Waals surface area (Å²) in [6, 6.07) is 21.1. The van der Waals surface area contributed by atoms with Gasteiger partial charge in [-0.25, -0.2) is 8.42 Å². The highest BCUT2D eigenvalue weighted by Crippen LogP contribution is 2.32. The quantitative estimate of drug-likeness (QED) is 0.362. The van der Waals surface area contributed by atoms with Gasteiger partial charge < -0.3 is 15.0 Å². The van der Waals surface area contributed by atoms with Gasteiger partial charge in [-0.3, -0.25) is 13.9 Å². The van der Waals surface area contributed by atoms with Gasteiger partial charge in [-0.1, -0.05) is 58.4 Å². The number of nitrogens with zero attached hydrogens (tertiary/aromatic N) is 2. The number of carbonyl (C=O) groups is 2. The van der Waals surface area contributed by atoms with Crippen molar-refractivity contribution in [3.8, 4) is 5.75 Å². The van der Waals surface area contributed by atoms with Gasteiger partial charge in [0, 0.05) is 18.1 Å². The fourth-order valence-corrected chi connectivity index (χ4v) is 5.69. The van der Waals surface area contributed by atoms with Gasteiger partial charge >= 0.3 is 0 Å². The molecule has 8 nitrogen and oxygen atoms in total. The lowest BCUT2D eigenvalue weighted by Crippen LogP contribution is -2.50. The monoisotopic (exact) mass is 587 g/mol. The van der Waals surface area contributed by atoms with Crippen molar-refractivity contribution in [2.75, 3.05) is 24.5 Å². The zero-order chi connectivity index (χ0) is 27.0. The molecule has 196 valence electrons. The number of benzene rings is 3. The van der Waals surface area contributed by atoms with Crippen LogP contribution in [0.2, 0.25) is 0 Å². The van der Waals surface area contributed by atoms with Gasteiger partial charge in [0.15, 0.2) is 0 Å². The van der Waals surface area contributed by atoms with Crippen LogP contribution in [0.4, 0.5) is 5.69 Å². The van der Waals surface area contributed by atoms with Crippen molar-refractivity contribution in [3.63, 3.8) is 0 Å². The van der Waals surface area contributed by atoms with Crippen LogP contribution in [-0.4, -0.2) is 51.4 Å². The van der Waals surface area contributed by atoms with Crippen molar-refractivity contribution in [3.05, 3.63) is 88.9 Å². The molecular weight excluding hydrogens is 558 g/mol. The first kappa shape index (κ1) is 28.2. The molecule has 0 aliphatic carbocycles.